The zero-order chi connectivity index (χ0) is 15.4. The summed E-state index contributed by atoms with van der Waals surface area (Å²) in [5.41, 5.74) is 0.910. The van der Waals surface area contributed by atoms with E-state index in [1.54, 1.807) is 16.4 Å². The summed E-state index contributed by atoms with van der Waals surface area (Å²) >= 11 is 1.64. The standard InChI is InChI=1S/C15H15N5OS/c1-11-6-5-9-14(16-11)20-15(17-18-19-20)10-21-12-7-3-4-8-13(12)22-2/h3-9H,10H2,1-2H3. The van der Waals surface area contributed by atoms with Crippen molar-refractivity contribution in [3.8, 4) is 11.6 Å². The number of para-hydroxylation sites is 1. The number of aromatic nitrogens is 5. The first-order valence-corrected chi connectivity index (χ1v) is 7.97. The van der Waals surface area contributed by atoms with E-state index in [1.165, 1.54) is 0 Å². The fourth-order valence-corrected chi connectivity index (χ4v) is 2.54. The number of aryl methyl sites for hydroxylation is 1. The summed E-state index contributed by atoms with van der Waals surface area (Å²) in [5.74, 6) is 2.11. The Balaban J connectivity index is 1.81. The van der Waals surface area contributed by atoms with Crippen molar-refractivity contribution in [3.05, 3.63) is 54.0 Å². The largest absolute Gasteiger partial charge is 0.484 e. The van der Waals surface area contributed by atoms with Gasteiger partial charge in [-0.3, -0.25) is 0 Å². The van der Waals surface area contributed by atoms with Gasteiger partial charge in [0.1, 0.15) is 12.4 Å². The molecule has 7 heteroatoms. The number of benzene rings is 1. The number of hydrogen-bond acceptors (Lipinski definition) is 6. The number of tetrazole rings is 1. The lowest BCUT2D eigenvalue weighted by molar-refractivity contribution is 0.285. The average Bonchev–Trinajstić information content (AvgIpc) is 3.01. The van der Waals surface area contributed by atoms with Gasteiger partial charge in [0, 0.05) is 10.6 Å². The molecule has 0 bridgehead atoms. The maximum absolute atomic E-state index is 5.85. The van der Waals surface area contributed by atoms with Gasteiger partial charge in [-0.2, -0.15) is 4.68 Å². The molecule has 0 fully saturated rings. The monoisotopic (exact) mass is 313 g/mol. The molecule has 2 heterocycles. The van der Waals surface area contributed by atoms with Crippen LogP contribution in [0.5, 0.6) is 5.75 Å². The summed E-state index contributed by atoms with van der Waals surface area (Å²) in [6.45, 7) is 2.21. The molecule has 0 aliphatic heterocycles. The van der Waals surface area contributed by atoms with Gasteiger partial charge in [-0.1, -0.05) is 18.2 Å². The molecule has 0 saturated heterocycles. The highest BCUT2D eigenvalue weighted by atomic mass is 32.2. The van der Waals surface area contributed by atoms with E-state index in [-0.39, 0.29) is 6.61 Å². The summed E-state index contributed by atoms with van der Waals surface area (Å²) in [4.78, 5) is 5.50. The summed E-state index contributed by atoms with van der Waals surface area (Å²) < 4.78 is 7.44. The van der Waals surface area contributed by atoms with Gasteiger partial charge in [0.2, 0.25) is 0 Å². The normalized spacial score (nSPS) is 10.6. The molecule has 2 aromatic heterocycles. The minimum absolute atomic E-state index is 0.278. The molecule has 3 aromatic rings. The van der Waals surface area contributed by atoms with Crippen molar-refractivity contribution in [1.29, 1.82) is 0 Å². The topological polar surface area (TPSA) is 65.7 Å². The third kappa shape index (κ3) is 3.09. The third-order valence-electron chi connectivity index (χ3n) is 3.05. The Labute approximate surface area is 132 Å². The molecule has 22 heavy (non-hydrogen) atoms. The molecule has 0 spiro atoms. The Morgan fingerprint density at radius 2 is 2.00 bits per heavy atom. The van der Waals surface area contributed by atoms with Crippen molar-refractivity contribution >= 4 is 11.8 Å². The maximum Gasteiger partial charge on any atom is 0.195 e. The van der Waals surface area contributed by atoms with Crippen LogP contribution >= 0.6 is 11.8 Å². The van der Waals surface area contributed by atoms with Crippen LogP contribution < -0.4 is 4.74 Å². The molecule has 1 aromatic carbocycles. The molecule has 0 saturated carbocycles. The highest BCUT2D eigenvalue weighted by molar-refractivity contribution is 7.98. The molecule has 0 aliphatic carbocycles. The van der Waals surface area contributed by atoms with Crippen LogP contribution in [-0.2, 0) is 6.61 Å². The molecule has 0 aliphatic rings. The van der Waals surface area contributed by atoms with Gasteiger partial charge in [0.05, 0.1) is 0 Å². The summed E-state index contributed by atoms with van der Waals surface area (Å²) in [6.07, 6.45) is 2.02. The summed E-state index contributed by atoms with van der Waals surface area (Å²) in [7, 11) is 0. The van der Waals surface area contributed by atoms with Crippen molar-refractivity contribution in [2.75, 3.05) is 6.26 Å². The highest BCUT2D eigenvalue weighted by Crippen LogP contribution is 2.27. The zero-order valence-corrected chi connectivity index (χ0v) is 13.1. The van der Waals surface area contributed by atoms with E-state index in [1.807, 2.05) is 55.6 Å². The van der Waals surface area contributed by atoms with Gasteiger partial charge < -0.3 is 4.74 Å². The van der Waals surface area contributed by atoms with Gasteiger partial charge in [-0.15, -0.1) is 16.9 Å². The minimum atomic E-state index is 0.278. The lowest BCUT2D eigenvalue weighted by atomic mass is 10.3. The first kappa shape index (κ1) is 14.5. The second-order valence-corrected chi connectivity index (χ2v) is 5.43. The predicted molar refractivity (Wildman–Crippen MR) is 84.2 cm³/mol. The molecule has 0 radical (unpaired) electrons. The Hall–Kier alpha value is -2.41. The van der Waals surface area contributed by atoms with Gasteiger partial charge in [0.15, 0.2) is 11.6 Å². The molecule has 0 unspecified atom stereocenters. The van der Waals surface area contributed by atoms with E-state index >= 15 is 0 Å². The highest BCUT2D eigenvalue weighted by Gasteiger charge is 2.11. The van der Waals surface area contributed by atoms with E-state index < -0.39 is 0 Å². The van der Waals surface area contributed by atoms with E-state index in [4.69, 9.17) is 4.74 Å². The fraction of sp³-hybridized carbons (Fsp3) is 0.200. The van der Waals surface area contributed by atoms with Crippen LogP contribution in [0.15, 0.2) is 47.4 Å². The second-order valence-electron chi connectivity index (χ2n) is 4.58. The van der Waals surface area contributed by atoms with Gasteiger partial charge in [-0.25, -0.2) is 4.98 Å². The summed E-state index contributed by atoms with van der Waals surface area (Å²) in [6, 6.07) is 13.6. The smallest absolute Gasteiger partial charge is 0.195 e. The number of rotatable bonds is 5. The van der Waals surface area contributed by atoms with Crippen molar-refractivity contribution in [3.63, 3.8) is 0 Å². The van der Waals surface area contributed by atoms with Gasteiger partial charge >= 0.3 is 0 Å². The Kier molecular flexibility index (Phi) is 4.34. The Morgan fingerprint density at radius 1 is 1.14 bits per heavy atom. The van der Waals surface area contributed by atoms with Crippen LogP contribution in [0.1, 0.15) is 11.5 Å². The number of nitrogens with zero attached hydrogens (tertiary/aromatic N) is 5. The predicted octanol–water partition coefficient (Wildman–Crippen LogP) is 2.67. The molecule has 0 N–H and O–H groups in total. The minimum Gasteiger partial charge on any atom is -0.484 e. The average molecular weight is 313 g/mol. The number of hydrogen-bond donors (Lipinski definition) is 0. The van der Waals surface area contributed by atoms with Crippen LogP contribution in [0.25, 0.3) is 5.82 Å². The van der Waals surface area contributed by atoms with Crippen molar-refractivity contribution in [2.24, 2.45) is 0 Å². The molecule has 112 valence electrons. The zero-order valence-electron chi connectivity index (χ0n) is 12.3. The molecule has 3 rings (SSSR count). The lowest BCUT2D eigenvalue weighted by Crippen LogP contribution is -2.09. The van der Waals surface area contributed by atoms with Gasteiger partial charge in [0.25, 0.3) is 0 Å². The molecule has 0 atom stereocenters. The molecule has 6 nitrogen and oxygen atoms in total. The van der Waals surface area contributed by atoms with Crippen LogP contribution in [-0.4, -0.2) is 31.4 Å². The van der Waals surface area contributed by atoms with E-state index in [0.717, 1.165) is 16.3 Å². The van der Waals surface area contributed by atoms with E-state index in [0.29, 0.717) is 11.6 Å². The van der Waals surface area contributed by atoms with E-state index in [2.05, 4.69) is 20.5 Å². The number of pyridine rings is 1. The Morgan fingerprint density at radius 3 is 2.82 bits per heavy atom. The first-order valence-electron chi connectivity index (χ1n) is 6.75. The van der Waals surface area contributed by atoms with Crippen LogP contribution in [0, 0.1) is 6.92 Å². The van der Waals surface area contributed by atoms with Crippen LogP contribution in [0.2, 0.25) is 0 Å². The third-order valence-corrected chi connectivity index (χ3v) is 3.83. The maximum atomic E-state index is 5.85. The quantitative estimate of drug-likeness (QED) is 0.675. The SMILES string of the molecule is CSc1ccccc1OCc1nnnn1-c1cccc(C)n1. The lowest BCUT2D eigenvalue weighted by Gasteiger charge is -2.09. The van der Waals surface area contributed by atoms with Crippen molar-refractivity contribution in [1.82, 2.24) is 25.2 Å². The van der Waals surface area contributed by atoms with Crippen LogP contribution in [0.4, 0.5) is 0 Å². The first-order chi connectivity index (χ1) is 10.8. The molecule has 0 amide bonds. The molecular weight excluding hydrogens is 298 g/mol. The second kappa shape index (κ2) is 6.57. The van der Waals surface area contributed by atoms with Crippen molar-refractivity contribution in [2.45, 2.75) is 18.4 Å². The van der Waals surface area contributed by atoms with E-state index in [9.17, 15) is 0 Å². The molecular formula is C15H15N5OS. The summed E-state index contributed by atoms with van der Waals surface area (Å²) in [5, 5.41) is 11.7. The number of ether oxygens (including phenoxy) is 1. The Bertz CT molecular complexity index is 774. The van der Waals surface area contributed by atoms with Crippen LogP contribution in [0.3, 0.4) is 0 Å². The van der Waals surface area contributed by atoms with Crippen molar-refractivity contribution < 1.29 is 4.74 Å². The van der Waals surface area contributed by atoms with Gasteiger partial charge in [-0.05, 0) is 47.9 Å². The number of thioether (sulfide) groups is 1. The fourth-order valence-electron chi connectivity index (χ4n) is 2.00.